The number of carbonyl (C=O) groups excluding carboxylic acids is 1. The van der Waals surface area contributed by atoms with Gasteiger partial charge >= 0.3 is 0 Å². The van der Waals surface area contributed by atoms with Crippen LogP contribution in [0.3, 0.4) is 0 Å². The van der Waals surface area contributed by atoms with Crippen LogP contribution >= 0.6 is 0 Å². The van der Waals surface area contributed by atoms with Gasteiger partial charge in [0.25, 0.3) is 0 Å². The molecule has 1 heteroatoms. The molecule has 0 bridgehead atoms. The molecule has 0 spiro atoms. The molecule has 0 aromatic carbocycles. The van der Waals surface area contributed by atoms with Gasteiger partial charge in [0.1, 0.15) is 5.78 Å². The lowest BCUT2D eigenvalue weighted by molar-refractivity contribution is -0.119. The standard InChI is InChI=1S/C12H24O/c1-4-7-11(8-5-2)9-10-12(13)6-3/h11H,4-10H2,1-3H3. The van der Waals surface area contributed by atoms with Gasteiger partial charge in [0.15, 0.2) is 0 Å². The van der Waals surface area contributed by atoms with Crippen LogP contribution in [0.4, 0.5) is 0 Å². The second-order valence-electron chi connectivity index (χ2n) is 3.87. The quantitative estimate of drug-likeness (QED) is 0.558. The van der Waals surface area contributed by atoms with Crippen molar-refractivity contribution >= 4 is 5.78 Å². The first kappa shape index (κ1) is 12.7. The Morgan fingerprint density at radius 2 is 1.54 bits per heavy atom. The number of ketones is 1. The van der Waals surface area contributed by atoms with E-state index in [4.69, 9.17) is 0 Å². The summed E-state index contributed by atoms with van der Waals surface area (Å²) in [6, 6.07) is 0. The Morgan fingerprint density at radius 3 is 1.92 bits per heavy atom. The first-order valence-electron chi connectivity index (χ1n) is 5.76. The minimum atomic E-state index is 0.428. The van der Waals surface area contributed by atoms with Gasteiger partial charge in [-0.2, -0.15) is 0 Å². The normalized spacial score (nSPS) is 10.8. The van der Waals surface area contributed by atoms with Crippen LogP contribution < -0.4 is 0 Å². The van der Waals surface area contributed by atoms with Gasteiger partial charge in [0.2, 0.25) is 0 Å². The van der Waals surface area contributed by atoms with Gasteiger partial charge in [-0.25, -0.2) is 0 Å². The maximum Gasteiger partial charge on any atom is 0.132 e. The number of rotatable bonds is 8. The lowest BCUT2D eigenvalue weighted by Crippen LogP contribution is -2.04. The largest absolute Gasteiger partial charge is 0.300 e. The van der Waals surface area contributed by atoms with E-state index in [-0.39, 0.29) is 0 Å². The van der Waals surface area contributed by atoms with E-state index >= 15 is 0 Å². The smallest absolute Gasteiger partial charge is 0.132 e. The Balaban J connectivity index is 3.61. The van der Waals surface area contributed by atoms with Gasteiger partial charge < -0.3 is 0 Å². The Hall–Kier alpha value is -0.330. The summed E-state index contributed by atoms with van der Waals surface area (Å²) in [4.78, 5) is 11.1. The van der Waals surface area contributed by atoms with Gasteiger partial charge in [-0.05, 0) is 12.3 Å². The maximum absolute atomic E-state index is 11.1. The van der Waals surface area contributed by atoms with E-state index in [1.165, 1.54) is 25.7 Å². The third-order valence-electron chi connectivity index (χ3n) is 2.62. The molecule has 13 heavy (non-hydrogen) atoms. The van der Waals surface area contributed by atoms with Crippen LogP contribution in [0.15, 0.2) is 0 Å². The second kappa shape index (κ2) is 8.28. The fourth-order valence-electron chi connectivity index (χ4n) is 1.79. The highest BCUT2D eigenvalue weighted by Crippen LogP contribution is 2.19. The van der Waals surface area contributed by atoms with Crippen LogP contribution in [0.25, 0.3) is 0 Å². The molecule has 0 N–H and O–H groups in total. The molecule has 0 aromatic heterocycles. The zero-order valence-electron chi connectivity index (χ0n) is 9.44. The summed E-state index contributed by atoms with van der Waals surface area (Å²) in [5, 5.41) is 0. The Morgan fingerprint density at radius 1 is 1.00 bits per heavy atom. The molecule has 0 heterocycles. The lowest BCUT2D eigenvalue weighted by atomic mass is 9.92. The SMILES string of the molecule is CCCC(CCC)CCC(=O)CC. The van der Waals surface area contributed by atoms with E-state index in [0.29, 0.717) is 12.2 Å². The predicted octanol–water partition coefficient (Wildman–Crippen LogP) is 3.96. The van der Waals surface area contributed by atoms with Gasteiger partial charge in [0, 0.05) is 12.8 Å². The molecular formula is C12H24O. The van der Waals surface area contributed by atoms with Crippen LogP contribution in [0, 0.1) is 5.92 Å². The summed E-state index contributed by atoms with van der Waals surface area (Å²) in [7, 11) is 0. The zero-order chi connectivity index (χ0) is 10.1. The highest BCUT2D eigenvalue weighted by molar-refractivity contribution is 5.77. The molecule has 0 amide bonds. The molecule has 0 aliphatic rings. The van der Waals surface area contributed by atoms with Gasteiger partial charge in [-0.3, -0.25) is 4.79 Å². The van der Waals surface area contributed by atoms with Crippen LogP contribution in [-0.4, -0.2) is 5.78 Å². The van der Waals surface area contributed by atoms with E-state index in [1.54, 1.807) is 0 Å². The van der Waals surface area contributed by atoms with E-state index < -0.39 is 0 Å². The molecule has 0 saturated carbocycles. The first-order chi connectivity index (χ1) is 6.24. The highest BCUT2D eigenvalue weighted by atomic mass is 16.1. The monoisotopic (exact) mass is 184 g/mol. The van der Waals surface area contributed by atoms with E-state index in [1.807, 2.05) is 6.92 Å². The molecule has 0 aliphatic heterocycles. The predicted molar refractivity (Wildman–Crippen MR) is 57.8 cm³/mol. The van der Waals surface area contributed by atoms with Crippen LogP contribution in [0.5, 0.6) is 0 Å². The number of hydrogen-bond donors (Lipinski definition) is 0. The first-order valence-corrected chi connectivity index (χ1v) is 5.76. The van der Waals surface area contributed by atoms with Crippen molar-refractivity contribution in [3.8, 4) is 0 Å². The summed E-state index contributed by atoms with van der Waals surface area (Å²) < 4.78 is 0. The third-order valence-corrected chi connectivity index (χ3v) is 2.62. The van der Waals surface area contributed by atoms with Crippen LogP contribution in [-0.2, 0) is 4.79 Å². The molecule has 0 unspecified atom stereocenters. The zero-order valence-corrected chi connectivity index (χ0v) is 9.44. The molecule has 0 atom stereocenters. The van der Waals surface area contributed by atoms with Crippen molar-refractivity contribution in [2.24, 2.45) is 5.92 Å². The van der Waals surface area contributed by atoms with Crippen molar-refractivity contribution in [2.45, 2.75) is 65.7 Å². The van der Waals surface area contributed by atoms with Crippen LogP contribution in [0.2, 0.25) is 0 Å². The van der Waals surface area contributed by atoms with Gasteiger partial charge in [-0.15, -0.1) is 0 Å². The van der Waals surface area contributed by atoms with Crippen molar-refractivity contribution < 1.29 is 4.79 Å². The van der Waals surface area contributed by atoms with Gasteiger partial charge in [0.05, 0.1) is 0 Å². The molecule has 0 aromatic rings. The fourth-order valence-corrected chi connectivity index (χ4v) is 1.79. The topological polar surface area (TPSA) is 17.1 Å². The Bertz CT molecular complexity index is 123. The highest BCUT2D eigenvalue weighted by Gasteiger charge is 2.08. The second-order valence-corrected chi connectivity index (χ2v) is 3.87. The minimum absolute atomic E-state index is 0.428. The number of hydrogen-bond acceptors (Lipinski definition) is 1. The molecule has 0 aliphatic carbocycles. The summed E-state index contributed by atoms with van der Waals surface area (Å²) >= 11 is 0. The van der Waals surface area contributed by atoms with Gasteiger partial charge in [-0.1, -0.05) is 46.5 Å². The molecule has 78 valence electrons. The average Bonchev–Trinajstić information content (AvgIpc) is 2.14. The summed E-state index contributed by atoms with van der Waals surface area (Å²) in [6.07, 6.45) is 7.74. The van der Waals surface area contributed by atoms with E-state index in [0.717, 1.165) is 18.8 Å². The molecule has 1 nitrogen and oxygen atoms in total. The van der Waals surface area contributed by atoms with Crippen molar-refractivity contribution in [1.29, 1.82) is 0 Å². The molecular weight excluding hydrogens is 160 g/mol. The van der Waals surface area contributed by atoms with E-state index in [9.17, 15) is 4.79 Å². The Kier molecular flexibility index (Phi) is 8.07. The number of carbonyl (C=O) groups is 1. The number of Topliss-reactive ketones (excluding diaryl/α,β-unsaturated/α-hetero) is 1. The van der Waals surface area contributed by atoms with Crippen molar-refractivity contribution in [2.75, 3.05) is 0 Å². The fraction of sp³-hybridized carbons (Fsp3) is 0.917. The Labute approximate surface area is 82.9 Å². The summed E-state index contributed by atoms with van der Waals surface area (Å²) in [6.45, 7) is 6.41. The summed E-state index contributed by atoms with van der Waals surface area (Å²) in [5.41, 5.74) is 0. The lowest BCUT2D eigenvalue weighted by Gasteiger charge is -2.13. The minimum Gasteiger partial charge on any atom is -0.300 e. The van der Waals surface area contributed by atoms with Crippen molar-refractivity contribution in [3.05, 3.63) is 0 Å². The van der Waals surface area contributed by atoms with Crippen molar-refractivity contribution in [1.82, 2.24) is 0 Å². The molecule has 0 fully saturated rings. The van der Waals surface area contributed by atoms with Crippen molar-refractivity contribution in [3.63, 3.8) is 0 Å². The molecule has 0 radical (unpaired) electrons. The van der Waals surface area contributed by atoms with E-state index in [2.05, 4.69) is 13.8 Å². The average molecular weight is 184 g/mol. The maximum atomic E-state index is 11.1. The molecule has 0 saturated heterocycles. The van der Waals surface area contributed by atoms with Crippen LogP contribution in [0.1, 0.15) is 65.7 Å². The third kappa shape index (κ3) is 6.80. The summed E-state index contributed by atoms with van der Waals surface area (Å²) in [5.74, 6) is 1.22. The molecule has 0 rings (SSSR count).